The fourth-order valence-electron chi connectivity index (χ4n) is 2.30. The second-order valence-electron chi connectivity index (χ2n) is 4.47. The molecule has 0 radical (unpaired) electrons. The van der Waals surface area contributed by atoms with Gasteiger partial charge in [-0.15, -0.1) is 0 Å². The molecule has 92 valence electrons. The number of nitrogens with zero attached hydrogens (tertiary/aromatic N) is 1. The number of carbonyl (C=O) groups excluding carboxylic acids is 1. The van der Waals surface area contributed by atoms with Crippen molar-refractivity contribution in [2.75, 3.05) is 6.54 Å². The normalized spacial score (nSPS) is 14.4. The number of amides is 1. The minimum atomic E-state index is 0.106. The maximum Gasteiger partial charge on any atom is 0.254 e. The zero-order valence-corrected chi connectivity index (χ0v) is 11.4. The first kappa shape index (κ1) is 11.5. The third-order valence-electron chi connectivity index (χ3n) is 3.30. The largest absolute Gasteiger partial charge is 0.365 e. The van der Waals surface area contributed by atoms with Crippen molar-refractivity contribution in [2.45, 2.75) is 13.0 Å². The van der Waals surface area contributed by atoms with Crippen molar-refractivity contribution in [3.8, 4) is 0 Å². The lowest BCUT2D eigenvalue weighted by Crippen LogP contribution is -2.35. The molecule has 0 saturated carbocycles. The molecule has 0 bridgehead atoms. The van der Waals surface area contributed by atoms with Gasteiger partial charge in [-0.2, -0.15) is 0 Å². The van der Waals surface area contributed by atoms with Gasteiger partial charge < -0.3 is 9.88 Å². The highest BCUT2D eigenvalue weighted by Gasteiger charge is 2.22. The second kappa shape index (κ2) is 4.61. The summed E-state index contributed by atoms with van der Waals surface area (Å²) in [7, 11) is 0. The third-order valence-corrected chi connectivity index (χ3v) is 3.83. The lowest BCUT2D eigenvalue weighted by molar-refractivity contribution is 0.0734. The fraction of sp³-hybridized carbons (Fsp3) is 0.214. The number of carbonyl (C=O) groups is 1. The van der Waals surface area contributed by atoms with E-state index in [2.05, 4.69) is 27.0 Å². The van der Waals surface area contributed by atoms with E-state index in [-0.39, 0.29) is 5.91 Å². The van der Waals surface area contributed by atoms with E-state index >= 15 is 0 Å². The molecule has 0 aliphatic carbocycles. The van der Waals surface area contributed by atoms with Gasteiger partial charge in [0.1, 0.15) is 0 Å². The van der Waals surface area contributed by atoms with E-state index in [1.54, 1.807) is 0 Å². The van der Waals surface area contributed by atoms with Gasteiger partial charge in [0.15, 0.2) is 0 Å². The molecule has 2 aromatic rings. The smallest absolute Gasteiger partial charge is 0.254 e. The van der Waals surface area contributed by atoms with Crippen LogP contribution in [0.3, 0.4) is 0 Å². The molecule has 1 amide bonds. The summed E-state index contributed by atoms with van der Waals surface area (Å²) in [4.78, 5) is 17.5. The number of benzene rings is 1. The third kappa shape index (κ3) is 2.08. The Hall–Kier alpha value is -1.55. The molecule has 0 saturated heterocycles. The van der Waals surface area contributed by atoms with Gasteiger partial charge >= 0.3 is 0 Å². The van der Waals surface area contributed by atoms with Gasteiger partial charge in [0, 0.05) is 41.4 Å². The molecular weight excluding hydrogens is 292 g/mol. The van der Waals surface area contributed by atoms with Crippen LogP contribution in [0.2, 0.25) is 0 Å². The highest BCUT2D eigenvalue weighted by atomic mass is 79.9. The Balaban J connectivity index is 1.80. The summed E-state index contributed by atoms with van der Waals surface area (Å²) in [6, 6.07) is 9.58. The minimum absolute atomic E-state index is 0.106. The average Bonchev–Trinajstić information content (AvgIpc) is 2.86. The number of nitrogens with one attached hydrogen (secondary N) is 1. The molecule has 0 atom stereocenters. The highest BCUT2D eigenvalue weighted by Crippen LogP contribution is 2.20. The van der Waals surface area contributed by atoms with Gasteiger partial charge in [-0.3, -0.25) is 4.79 Å². The first-order valence-corrected chi connectivity index (χ1v) is 6.73. The summed E-state index contributed by atoms with van der Waals surface area (Å²) in [5, 5.41) is 0. The highest BCUT2D eigenvalue weighted by molar-refractivity contribution is 9.10. The van der Waals surface area contributed by atoms with Crippen LogP contribution in [-0.2, 0) is 13.0 Å². The van der Waals surface area contributed by atoms with E-state index in [9.17, 15) is 4.79 Å². The second-order valence-corrected chi connectivity index (χ2v) is 5.38. The van der Waals surface area contributed by atoms with Crippen molar-refractivity contribution < 1.29 is 4.79 Å². The van der Waals surface area contributed by atoms with Gasteiger partial charge in [0.25, 0.3) is 5.91 Å². The summed E-state index contributed by atoms with van der Waals surface area (Å²) < 4.78 is 0.991. The standard InChI is InChI=1S/C14H13BrN2O/c15-12-3-1-10(2-4-12)14(18)17-8-6-13-11(9-17)5-7-16-13/h1-5,7,16H,6,8-9H2. The average molecular weight is 305 g/mol. The molecule has 1 aromatic carbocycles. The van der Waals surface area contributed by atoms with Crippen molar-refractivity contribution in [3.63, 3.8) is 0 Å². The molecule has 1 aliphatic heterocycles. The van der Waals surface area contributed by atoms with Crippen molar-refractivity contribution in [2.24, 2.45) is 0 Å². The molecule has 1 aromatic heterocycles. The Bertz CT molecular complexity index is 574. The molecular formula is C14H13BrN2O. The molecule has 0 spiro atoms. The van der Waals surface area contributed by atoms with E-state index in [1.165, 1.54) is 11.3 Å². The maximum absolute atomic E-state index is 12.3. The molecule has 0 fully saturated rings. The number of rotatable bonds is 1. The molecule has 1 aliphatic rings. The van der Waals surface area contributed by atoms with Gasteiger partial charge in [-0.1, -0.05) is 15.9 Å². The van der Waals surface area contributed by atoms with Crippen LogP contribution in [0.25, 0.3) is 0 Å². The van der Waals surface area contributed by atoms with E-state index in [1.807, 2.05) is 35.4 Å². The maximum atomic E-state index is 12.3. The van der Waals surface area contributed by atoms with Gasteiger partial charge in [-0.05, 0) is 35.9 Å². The zero-order chi connectivity index (χ0) is 12.5. The Labute approximate surface area is 114 Å². The van der Waals surface area contributed by atoms with Crippen LogP contribution in [0.5, 0.6) is 0 Å². The first-order valence-electron chi connectivity index (χ1n) is 5.94. The summed E-state index contributed by atoms with van der Waals surface area (Å²) in [5.74, 6) is 0.106. The number of H-pyrrole nitrogens is 1. The van der Waals surface area contributed by atoms with Crippen molar-refractivity contribution in [1.82, 2.24) is 9.88 Å². The lowest BCUT2D eigenvalue weighted by Gasteiger charge is -2.27. The summed E-state index contributed by atoms with van der Waals surface area (Å²) >= 11 is 3.38. The SMILES string of the molecule is O=C(c1ccc(Br)cc1)N1CCc2[nH]ccc2C1. The predicted molar refractivity (Wildman–Crippen MR) is 73.4 cm³/mol. The van der Waals surface area contributed by atoms with Crippen molar-refractivity contribution in [3.05, 3.63) is 57.8 Å². The summed E-state index contributed by atoms with van der Waals surface area (Å²) in [6.45, 7) is 1.48. The predicted octanol–water partition coefficient (Wildman–Crippen LogP) is 2.98. The lowest BCUT2D eigenvalue weighted by atomic mass is 10.1. The number of halogens is 1. The van der Waals surface area contributed by atoms with E-state index in [0.717, 1.165) is 23.0 Å². The van der Waals surface area contributed by atoms with Crippen LogP contribution in [0.1, 0.15) is 21.6 Å². The van der Waals surface area contributed by atoms with Gasteiger partial charge in [0.05, 0.1) is 0 Å². The van der Waals surface area contributed by atoms with E-state index in [4.69, 9.17) is 0 Å². The number of fused-ring (bicyclic) bond motifs is 1. The van der Waals surface area contributed by atoms with Crippen LogP contribution >= 0.6 is 15.9 Å². The Morgan fingerprint density at radius 3 is 2.78 bits per heavy atom. The van der Waals surface area contributed by atoms with Gasteiger partial charge in [0.2, 0.25) is 0 Å². The van der Waals surface area contributed by atoms with Crippen LogP contribution in [0.15, 0.2) is 41.0 Å². The molecule has 4 heteroatoms. The van der Waals surface area contributed by atoms with Crippen LogP contribution in [-0.4, -0.2) is 22.3 Å². The molecule has 1 N–H and O–H groups in total. The molecule has 2 heterocycles. The molecule has 18 heavy (non-hydrogen) atoms. The zero-order valence-electron chi connectivity index (χ0n) is 9.82. The Kier molecular flexibility index (Phi) is 2.96. The van der Waals surface area contributed by atoms with Crippen LogP contribution in [0, 0.1) is 0 Å². The van der Waals surface area contributed by atoms with Crippen LogP contribution in [0.4, 0.5) is 0 Å². The van der Waals surface area contributed by atoms with E-state index in [0.29, 0.717) is 6.54 Å². The monoisotopic (exact) mass is 304 g/mol. The number of aromatic amines is 1. The van der Waals surface area contributed by atoms with Crippen molar-refractivity contribution in [1.29, 1.82) is 0 Å². The minimum Gasteiger partial charge on any atom is -0.365 e. The summed E-state index contributed by atoms with van der Waals surface area (Å²) in [6.07, 6.45) is 2.85. The first-order chi connectivity index (χ1) is 8.74. The Morgan fingerprint density at radius 1 is 1.22 bits per heavy atom. The molecule has 0 unspecified atom stereocenters. The fourth-order valence-corrected chi connectivity index (χ4v) is 2.56. The summed E-state index contributed by atoms with van der Waals surface area (Å²) in [5.41, 5.74) is 3.23. The topological polar surface area (TPSA) is 36.1 Å². The van der Waals surface area contributed by atoms with Crippen molar-refractivity contribution >= 4 is 21.8 Å². The van der Waals surface area contributed by atoms with Gasteiger partial charge in [-0.25, -0.2) is 0 Å². The number of hydrogen-bond donors (Lipinski definition) is 1. The quantitative estimate of drug-likeness (QED) is 0.864. The number of hydrogen-bond acceptors (Lipinski definition) is 1. The number of aromatic nitrogens is 1. The van der Waals surface area contributed by atoms with Crippen LogP contribution < -0.4 is 0 Å². The molecule has 3 rings (SSSR count). The van der Waals surface area contributed by atoms with E-state index < -0.39 is 0 Å². The Morgan fingerprint density at radius 2 is 2.00 bits per heavy atom. The molecule has 3 nitrogen and oxygen atoms in total.